The van der Waals surface area contributed by atoms with Crippen molar-refractivity contribution in [2.75, 3.05) is 10.6 Å². The number of H-pyrrole nitrogens is 1. The Morgan fingerprint density at radius 2 is 1.79 bits per heavy atom. The van der Waals surface area contributed by atoms with Crippen LogP contribution in [0, 0.1) is 11.3 Å². The van der Waals surface area contributed by atoms with E-state index in [4.69, 9.17) is 11.6 Å². The van der Waals surface area contributed by atoms with Crippen LogP contribution in [0.3, 0.4) is 0 Å². The van der Waals surface area contributed by atoms with Gasteiger partial charge in [0.25, 0.3) is 11.8 Å². The molecule has 4 aromatic rings. The highest BCUT2D eigenvalue weighted by Gasteiger charge is 2.20. The first kappa shape index (κ1) is 24.8. The first-order valence-corrected chi connectivity index (χ1v) is 10.5. The number of carbonyl (C=O) groups excluding carboxylic acids is 2. The molecular formula is C25H21Cl2N5O2. The number of hydrogen-bond acceptors (Lipinski definition) is 4. The molecule has 0 bridgehead atoms. The quantitative estimate of drug-likeness (QED) is 0.319. The minimum atomic E-state index is -0.690. The van der Waals surface area contributed by atoms with Crippen molar-refractivity contribution in [2.45, 2.75) is 19.3 Å². The molecule has 0 saturated carbocycles. The van der Waals surface area contributed by atoms with E-state index in [1.54, 1.807) is 50.4 Å². The Labute approximate surface area is 207 Å². The maximum atomic E-state index is 12.8. The standard InChI is InChI=1S/C25H20ClN5O2.ClH/c1-25(2,14-27)17-4-3-5-18(12-17)30-23(32)16-6-7-21(26)20(11-16)24(33)31-19-10-15-8-9-28-22(15)29-13-19;/h3-13H,1-2H3,(H,28,29)(H,30,32)(H,31,33);1H. The number of nitrogens with one attached hydrogen (secondary N) is 3. The lowest BCUT2D eigenvalue weighted by Crippen LogP contribution is -2.17. The van der Waals surface area contributed by atoms with Crippen LogP contribution in [0.4, 0.5) is 11.4 Å². The summed E-state index contributed by atoms with van der Waals surface area (Å²) in [6, 6.07) is 17.5. The Bertz CT molecular complexity index is 1420. The summed E-state index contributed by atoms with van der Waals surface area (Å²) in [6.07, 6.45) is 3.30. The number of fused-ring (bicyclic) bond motifs is 1. The summed E-state index contributed by atoms with van der Waals surface area (Å²) in [7, 11) is 0. The molecular weight excluding hydrogens is 473 g/mol. The van der Waals surface area contributed by atoms with Gasteiger partial charge in [0.1, 0.15) is 5.65 Å². The molecule has 2 amide bonds. The zero-order chi connectivity index (χ0) is 23.6. The van der Waals surface area contributed by atoms with Crippen molar-refractivity contribution < 1.29 is 9.59 Å². The van der Waals surface area contributed by atoms with Gasteiger partial charge in [0.05, 0.1) is 34.0 Å². The van der Waals surface area contributed by atoms with Gasteiger partial charge >= 0.3 is 0 Å². The highest BCUT2D eigenvalue weighted by molar-refractivity contribution is 6.34. The topological polar surface area (TPSA) is 111 Å². The second-order valence-electron chi connectivity index (χ2n) is 8.06. The highest BCUT2D eigenvalue weighted by Crippen LogP contribution is 2.26. The number of hydrogen-bond donors (Lipinski definition) is 3. The summed E-state index contributed by atoms with van der Waals surface area (Å²) < 4.78 is 0. The van der Waals surface area contributed by atoms with Crippen LogP contribution in [-0.2, 0) is 5.41 Å². The van der Waals surface area contributed by atoms with Crippen LogP contribution in [0.5, 0.6) is 0 Å². The number of halogens is 2. The SMILES string of the molecule is CC(C)(C#N)c1cccc(NC(=O)c2ccc(Cl)c(C(=O)Nc3cnc4[nH]ccc4c3)c2)c1.Cl. The summed E-state index contributed by atoms with van der Waals surface area (Å²) in [5.41, 5.74) is 2.30. The third kappa shape index (κ3) is 5.20. The fourth-order valence-electron chi connectivity index (χ4n) is 3.30. The predicted octanol–water partition coefficient (Wildman–Crippen LogP) is 5.94. The second kappa shape index (κ2) is 9.96. The summed E-state index contributed by atoms with van der Waals surface area (Å²) in [5.74, 6) is -0.854. The van der Waals surface area contributed by atoms with Crippen molar-refractivity contribution in [2.24, 2.45) is 0 Å². The average Bonchev–Trinajstić information content (AvgIpc) is 3.27. The van der Waals surface area contributed by atoms with Crippen LogP contribution < -0.4 is 10.6 Å². The molecule has 0 radical (unpaired) electrons. The zero-order valence-corrected chi connectivity index (χ0v) is 19.9. The third-order valence-electron chi connectivity index (χ3n) is 5.25. The van der Waals surface area contributed by atoms with Crippen LogP contribution in [0.15, 0.2) is 67.0 Å². The number of benzene rings is 2. The van der Waals surface area contributed by atoms with E-state index >= 15 is 0 Å². The Hall–Kier alpha value is -3.86. The number of rotatable bonds is 5. The number of carbonyl (C=O) groups is 2. The number of pyridine rings is 1. The van der Waals surface area contributed by atoms with Crippen molar-refractivity contribution in [1.82, 2.24) is 9.97 Å². The molecule has 0 unspecified atom stereocenters. The van der Waals surface area contributed by atoms with Gasteiger partial charge in [-0.3, -0.25) is 9.59 Å². The fourth-order valence-corrected chi connectivity index (χ4v) is 3.50. The van der Waals surface area contributed by atoms with Crippen LogP contribution in [0.25, 0.3) is 11.0 Å². The molecule has 0 aliphatic carbocycles. The van der Waals surface area contributed by atoms with Gasteiger partial charge in [0.15, 0.2) is 0 Å². The summed E-state index contributed by atoms with van der Waals surface area (Å²) >= 11 is 6.24. The summed E-state index contributed by atoms with van der Waals surface area (Å²) in [5, 5.41) is 16.0. The lowest BCUT2D eigenvalue weighted by atomic mass is 9.86. The largest absolute Gasteiger partial charge is 0.346 e. The first-order valence-electron chi connectivity index (χ1n) is 10.1. The van der Waals surface area contributed by atoms with E-state index < -0.39 is 17.2 Å². The predicted molar refractivity (Wildman–Crippen MR) is 136 cm³/mol. The molecule has 2 aromatic heterocycles. The van der Waals surface area contributed by atoms with Crippen LogP contribution in [-0.4, -0.2) is 21.8 Å². The van der Waals surface area contributed by atoms with E-state index in [2.05, 4.69) is 26.7 Å². The minimum absolute atomic E-state index is 0. The van der Waals surface area contributed by atoms with Crippen molar-refractivity contribution in [3.05, 3.63) is 88.7 Å². The molecule has 4 rings (SSSR count). The maximum absolute atomic E-state index is 12.8. The molecule has 2 aromatic carbocycles. The molecule has 0 spiro atoms. The van der Waals surface area contributed by atoms with E-state index in [9.17, 15) is 14.9 Å². The number of anilines is 2. The second-order valence-corrected chi connectivity index (χ2v) is 8.47. The van der Waals surface area contributed by atoms with E-state index in [1.165, 1.54) is 18.3 Å². The molecule has 3 N–H and O–H groups in total. The molecule has 7 nitrogen and oxygen atoms in total. The molecule has 0 fully saturated rings. The van der Waals surface area contributed by atoms with Crippen molar-refractivity contribution in [3.8, 4) is 6.07 Å². The van der Waals surface area contributed by atoms with Gasteiger partial charge in [-0.05, 0) is 61.9 Å². The Morgan fingerprint density at radius 1 is 1.03 bits per heavy atom. The van der Waals surface area contributed by atoms with E-state index in [1.807, 2.05) is 12.1 Å². The third-order valence-corrected chi connectivity index (χ3v) is 5.58. The van der Waals surface area contributed by atoms with Crippen LogP contribution >= 0.6 is 24.0 Å². The lowest BCUT2D eigenvalue weighted by Gasteiger charge is -2.17. The van der Waals surface area contributed by atoms with Gasteiger partial charge in [0.2, 0.25) is 0 Å². The van der Waals surface area contributed by atoms with Gasteiger partial charge in [-0.2, -0.15) is 5.26 Å². The molecule has 0 aliphatic heterocycles. The van der Waals surface area contributed by atoms with E-state index in [0.29, 0.717) is 17.0 Å². The molecule has 0 atom stereocenters. The number of aromatic nitrogens is 2. The van der Waals surface area contributed by atoms with Crippen molar-refractivity contribution in [1.29, 1.82) is 5.26 Å². The van der Waals surface area contributed by atoms with Crippen molar-refractivity contribution in [3.63, 3.8) is 0 Å². The number of nitrogens with zero attached hydrogens (tertiary/aromatic N) is 2. The summed E-state index contributed by atoms with van der Waals surface area (Å²) in [6.45, 7) is 3.61. The smallest absolute Gasteiger partial charge is 0.257 e. The number of nitriles is 1. The van der Waals surface area contributed by atoms with Crippen LogP contribution in [0.1, 0.15) is 40.1 Å². The molecule has 34 heavy (non-hydrogen) atoms. The fraction of sp³-hybridized carbons (Fsp3) is 0.120. The lowest BCUT2D eigenvalue weighted by molar-refractivity contribution is 0.102. The van der Waals surface area contributed by atoms with Gasteiger partial charge < -0.3 is 15.6 Å². The number of aromatic amines is 1. The van der Waals surface area contributed by atoms with Gasteiger partial charge in [-0.25, -0.2) is 4.98 Å². The molecule has 9 heteroatoms. The average molecular weight is 494 g/mol. The van der Waals surface area contributed by atoms with Gasteiger partial charge in [0, 0.05) is 22.8 Å². The Kier molecular flexibility index (Phi) is 7.26. The van der Waals surface area contributed by atoms with Gasteiger partial charge in [-0.15, -0.1) is 12.4 Å². The molecule has 2 heterocycles. The maximum Gasteiger partial charge on any atom is 0.257 e. The normalized spacial score (nSPS) is 10.8. The Balaban J connectivity index is 0.00000324. The first-order chi connectivity index (χ1) is 15.8. The molecule has 172 valence electrons. The van der Waals surface area contributed by atoms with Crippen LogP contribution in [0.2, 0.25) is 5.02 Å². The minimum Gasteiger partial charge on any atom is -0.346 e. The monoisotopic (exact) mass is 493 g/mol. The van der Waals surface area contributed by atoms with Crippen molar-refractivity contribution >= 4 is 58.2 Å². The molecule has 0 saturated heterocycles. The van der Waals surface area contributed by atoms with Gasteiger partial charge in [-0.1, -0.05) is 23.7 Å². The number of amides is 2. The molecule has 0 aliphatic rings. The highest BCUT2D eigenvalue weighted by atomic mass is 35.5. The van der Waals surface area contributed by atoms with E-state index in [0.717, 1.165) is 10.9 Å². The van der Waals surface area contributed by atoms with E-state index in [-0.39, 0.29) is 28.6 Å². The zero-order valence-electron chi connectivity index (χ0n) is 18.3. The summed E-state index contributed by atoms with van der Waals surface area (Å²) in [4.78, 5) is 32.9. The Morgan fingerprint density at radius 3 is 2.56 bits per heavy atom.